The summed E-state index contributed by atoms with van der Waals surface area (Å²) in [5, 5.41) is 0. The van der Waals surface area contributed by atoms with Crippen LogP contribution in [0.15, 0.2) is 24.3 Å². The Morgan fingerprint density at radius 3 is 2.19 bits per heavy atom. The van der Waals surface area contributed by atoms with Crippen molar-refractivity contribution in [2.75, 3.05) is 7.11 Å². The van der Waals surface area contributed by atoms with Crippen molar-refractivity contribution in [3.8, 4) is 5.75 Å². The number of methoxy groups -OCH3 is 1. The molecule has 1 saturated carbocycles. The summed E-state index contributed by atoms with van der Waals surface area (Å²) in [6.07, 6.45) is 1.36. The second-order valence-electron chi connectivity index (χ2n) is 4.04. The van der Waals surface area contributed by atoms with E-state index in [1.165, 1.54) is 0 Å². The fourth-order valence-electron chi connectivity index (χ4n) is 2.00. The van der Waals surface area contributed by atoms with Gasteiger partial charge in [0.1, 0.15) is 17.3 Å². The predicted octanol–water partition coefficient (Wildman–Crippen LogP) is 1.79. The normalized spacial score (nSPS) is 16.8. The number of ketones is 2. The molecule has 0 spiro atoms. The van der Waals surface area contributed by atoms with Gasteiger partial charge in [0, 0.05) is 12.8 Å². The fraction of sp³-hybridized carbons (Fsp3) is 0.385. The third-order valence-corrected chi connectivity index (χ3v) is 2.99. The quantitative estimate of drug-likeness (QED) is 0.726. The summed E-state index contributed by atoms with van der Waals surface area (Å²) < 4.78 is 5.05. The van der Waals surface area contributed by atoms with E-state index in [1.807, 2.05) is 24.3 Å². The van der Waals surface area contributed by atoms with Crippen LogP contribution in [0.4, 0.5) is 0 Å². The maximum atomic E-state index is 11.5. The van der Waals surface area contributed by atoms with Crippen molar-refractivity contribution in [2.45, 2.75) is 19.3 Å². The minimum Gasteiger partial charge on any atom is -0.497 e. The molecule has 84 valence electrons. The number of hydrogen-bond acceptors (Lipinski definition) is 3. The number of ether oxygens (including phenoxy) is 1. The van der Waals surface area contributed by atoms with Gasteiger partial charge in [0.15, 0.2) is 0 Å². The molecule has 0 bridgehead atoms. The molecule has 1 aliphatic rings. The minimum absolute atomic E-state index is 0.0841. The summed E-state index contributed by atoms with van der Waals surface area (Å²) >= 11 is 0. The Hall–Kier alpha value is -1.64. The first kappa shape index (κ1) is 10.9. The van der Waals surface area contributed by atoms with Crippen molar-refractivity contribution in [3.63, 3.8) is 0 Å². The summed E-state index contributed by atoms with van der Waals surface area (Å²) in [4.78, 5) is 22.9. The summed E-state index contributed by atoms with van der Waals surface area (Å²) in [7, 11) is 1.61. The van der Waals surface area contributed by atoms with E-state index < -0.39 is 5.92 Å². The molecule has 0 aliphatic heterocycles. The third-order valence-electron chi connectivity index (χ3n) is 2.99. The molecule has 1 aliphatic carbocycles. The number of Topliss-reactive ketones (excluding diaryl/α,β-unsaturated/α-hetero) is 2. The summed E-state index contributed by atoms with van der Waals surface area (Å²) in [6.45, 7) is 0. The zero-order valence-electron chi connectivity index (χ0n) is 9.23. The predicted molar refractivity (Wildman–Crippen MR) is 59.4 cm³/mol. The van der Waals surface area contributed by atoms with Gasteiger partial charge in [-0.15, -0.1) is 0 Å². The van der Waals surface area contributed by atoms with E-state index in [1.54, 1.807) is 7.11 Å². The minimum atomic E-state index is -0.409. The highest BCUT2D eigenvalue weighted by atomic mass is 16.5. The smallest absolute Gasteiger partial charge is 0.144 e. The standard InChI is InChI=1S/C13H14O3/c1-16-10-4-2-9(3-5-10)8-11-12(14)6-7-13(11)15/h2-5,11H,6-8H2,1H3. The van der Waals surface area contributed by atoms with Crippen LogP contribution in [-0.2, 0) is 16.0 Å². The molecule has 0 radical (unpaired) electrons. The van der Waals surface area contributed by atoms with Crippen LogP contribution in [0.25, 0.3) is 0 Å². The van der Waals surface area contributed by atoms with Crippen molar-refractivity contribution in [1.82, 2.24) is 0 Å². The van der Waals surface area contributed by atoms with Gasteiger partial charge in [0.25, 0.3) is 0 Å². The first-order valence-electron chi connectivity index (χ1n) is 5.39. The van der Waals surface area contributed by atoms with E-state index in [2.05, 4.69) is 0 Å². The number of benzene rings is 1. The number of carbonyl (C=O) groups excluding carboxylic acids is 2. The van der Waals surface area contributed by atoms with E-state index >= 15 is 0 Å². The van der Waals surface area contributed by atoms with Crippen LogP contribution in [0.5, 0.6) is 5.75 Å². The van der Waals surface area contributed by atoms with E-state index in [0.717, 1.165) is 11.3 Å². The van der Waals surface area contributed by atoms with E-state index in [9.17, 15) is 9.59 Å². The van der Waals surface area contributed by atoms with E-state index in [-0.39, 0.29) is 11.6 Å². The molecule has 1 fully saturated rings. The first-order chi connectivity index (χ1) is 7.70. The number of carbonyl (C=O) groups is 2. The molecular formula is C13H14O3. The molecule has 0 atom stereocenters. The van der Waals surface area contributed by atoms with Crippen molar-refractivity contribution in [2.24, 2.45) is 5.92 Å². The Kier molecular flexibility index (Phi) is 3.04. The van der Waals surface area contributed by atoms with Crippen LogP contribution >= 0.6 is 0 Å². The highest BCUT2D eigenvalue weighted by molar-refractivity contribution is 6.08. The van der Waals surface area contributed by atoms with Crippen molar-refractivity contribution in [3.05, 3.63) is 29.8 Å². The van der Waals surface area contributed by atoms with Crippen LogP contribution in [-0.4, -0.2) is 18.7 Å². The zero-order valence-corrected chi connectivity index (χ0v) is 9.23. The van der Waals surface area contributed by atoms with E-state index in [0.29, 0.717) is 19.3 Å². The van der Waals surface area contributed by atoms with Gasteiger partial charge in [0.05, 0.1) is 13.0 Å². The Bertz CT molecular complexity index is 390. The summed E-state index contributed by atoms with van der Waals surface area (Å²) in [5.41, 5.74) is 1.01. The maximum absolute atomic E-state index is 11.5. The molecule has 1 aromatic carbocycles. The van der Waals surface area contributed by atoms with Gasteiger partial charge in [-0.1, -0.05) is 12.1 Å². The average Bonchev–Trinajstić information content (AvgIpc) is 2.62. The number of hydrogen-bond donors (Lipinski definition) is 0. The van der Waals surface area contributed by atoms with Crippen LogP contribution in [0.3, 0.4) is 0 Å². The van der Waals surface area contributed by atoms with Gasteiger partial charge >= 0.3 is 0 Å². The Balaban J connectivity index is 2.08. The second-order valence-corrected chi connectivity index (χ2v) is 4.04. The summed E-state index contributed by atoms with van der Waals surface area (Å²) in [5.74, 6) is 0.544. The fourth-order valence-corrected chi connectivity index (χ4v) is 2.00. The van der Waals surface area contributed by atoms with E-state index in [4.69, 9.17) is 4.74 Å². The Labute approximate surface area is 94.4 Å². The lowest BCUT2D eigenvalue weighted by Crippen LogP contribution is -2.16. The van der Waals surface area contributed by atoms with Crippen LogP contribution < -0.4 is 4.74 Å². The highest BCUT2D eigenvalue weighted by Gasteiger charge is 2.32. The van der Waals surface area contributed by atoms with Crippen molar-refractivity contribution in [1.29, 1.82) is 0 Å². The lowest BCUT2D eigenvalue weighted by atomic mass is 9.96. The molecule has 3 heteroatoms. The zero-order chi connectivity index (χ0) is 11.5. The lowest BCUT2D eigenvalue weighted by molar-refractivity contribution is -0.127. The SMILES string of the molecule is COc1ccc(CC2C(=O)CCC2=O)cc1. The van der Waals surface area contributed by atoms with Gasteiger partial charge in [-0.3, -0.25) is 9.59 Å². The van der Waals surface area contributed by atoms with Gasteiger partial charge in [0.2, 0.25) is 0 Å². The van der Waals surface area contributed by atoms with Gasteiger partial charge in [-0.2, -0.15) is 0 Å². The largest absolute Gasteiger partial charge is 0.497 e. The molecule has 0 heterocycles. The topological polar surface area (TPSA) is 43.4 Å². The van der Waals surface area contributed by atoms with Gasteiger partial charge in [-0.25, -0.2) is 0 Å². The summed E-state index contributed by atoms with van der Waals surface area (Å²) in [6, 6.07) is 7.49. The molecule has 2 rings (SSSR count). The van der Waals surface area contributed by atoms with Crippen molar-refractivity contribution >= 4 is 11.6 Å². The molecule has 0 unspecified atom stereocenters. The van der Waals surface area contributed by atoms with Crippen molar-refractivity contribution < 1.29 is 14.3 Å². The molecule has 3 nitrogen and oxygen atoms in total. The van der Waals surface area contributed by atoms with Crippen LogP contribution in [0, 0.1) is 5.92 Å². The third kappa shape index (κ3) is 2.13. The lowest BCUT2D eigenvalue weighted by Gasteiger charge is -2.07. The monoisotopic (exact) mass is 218 g/mol. The average molecular weight is 218 g/mol. The number of rotatable bonds is 3. The first-order valence-corrected chi connectivity index (χ1v) is 5.39. The van der Waals surface area contributed by atoms with Crippen LogP contribution in [0.2, 0.25) is 0 Å². The van der Waals surface area contributed by atoms with Crippen LogP contribution in [0.1, 0.15) is 18.4 Å². The maximum Gasteiger partial charge on any atom is 0.144 e. The molecule has 16 heavy (non-hydrogen) atoms. The molecule has 0 N–H and O–H groups in total. The molecule has 0 aromatic heterocycles. The van der Waals surface area contributed by atoms with Gasteiger partial charge in [-0.05, 0) is 24.1 Å². The molecule has 0 saturated heterocycles. The highest BCUT2D eigenvalue weighted by Crippen LogP contribution is 2.23. The Morgan fingerprint density at radius 2 is 1.69 bits per heavy atom. The molecule has 0 amide bonds. The molecule has 1 aromatic rings. The van der Waals surface area contributed by atoms with Gasteiger partial charge < -0.3 is 4.74 Å². The Morgan fingerprint density at radius 1 is 1.12 bits per heavy atom. The molecular weight excluding hydrogens is 204 g/mol. The second kappa shape index (κ2) is 4.47.